The van der Waals surface area contributed by atoms with Crippen LogP contribution in [0.1, 0.15) is 0 Å². The fraction of sp³-hybridized carbons (Fsp3) is 0. The number of hydrogen-bond donors (Lipinski definition) is 2. The van der Waals surface area contributed by atoms with Gasteiger partial charge in [-0.2, -0.15) is 0 Å². The fourth-order valence-electron chi connectivity index (χ4n) is 1.76. The van der Waals surface area contributed by atoms with Crippen molar-refractivity contribution >= 4 is 17.2 Å². The molecule has 0 aliphatic rings. The molecule has 0 amide bonds. The van der Waals surface area contributed by atoms with Gasteiger partial charge in [-0.25, -0.2) is 9.78 Å². The second-order valence-electron chi connectivity index (χ2n) is 3.72. The highest BCUT2D eigenvalue weighted by Gasteiger charge is 2.07. The van der Waals surface area contributed by atoms with Crippen LogP contribution in [-0.2, 0) is 0 Å². The number of nitrogens with one attached hydrogen (secondary N) is 2. The number of aromatic amines is 2. The van der Waals surface area contributed by atoms with Crippen molar-refractivity contribution in [3.63, 3.8) is 0 Å². The highest BCUT2D eigenvalue weighted by Crippen LogP contribution is 2.19. The first-order valence-electron chi connectivity index (χ1n) is 5.10. The molecule has 0 aliphatic heterocycles. The van der Waals surface area contributed by atoms with Gasteiger partial charge in [0.2, 0.25) is 0 Å². The van der Waals surface area contributed by atoms with Gasteiger partial charge in [0.15, 0.2) is 0 Å². The van der Waals surface area contributed by atoms with E-state index < -0.39 is 11.2 Å². The third-order valence-corrected chi connectivity index (χ3v) is 2.73. The molecule has 90 valence electrons. The van der Waals surface area contributed by atoms with Crippen molar-refractivity contribution in [2.45, 2.75) is 0 Å². The summed E-state index contributed by atoms with van der Waals surface area (Å²) >= 11 is 5.91. The zero-order valence-corrected chi connectivity index (χ0v) is 9.73. The van der Waals surface area contributed by atoms with Crippen molar-refractivity contribution in [1.29, 1.82) is 0 Å². The zero-order valence-electron chi connectivity index (χ0n) is 8.98. The lowest BCUT2D eigenvalue weighted by Crippen LogP contribution is -2.21. The summed E-state index contributed by atoms with van der Waals surface area (Å²) in [6.07, 6.45) is 3.23. The second kappa shape index (κ2) is 3.85. The maximum Gasteiger partial charge on any atom is 0.326 e. The lowest BCUT2D eigenvalue weighted by molar-refractivity contribution is 1.03. The summed E-state index contributed by atoms with van der Waals surface area (Å²) in [5.41, 5.74) is 0.630. The first kappa shape index (κ1) is 10.8. The Kier molecular flexibility index (Phi) is 2.31. The van der Waals surface area contributed by atoms with E-state index in [0.29, 0.717) is 22.1 Å². The number of hydrogen-bond acceptors (Lipinski definition) is 3. The van der Waals surface area contributed by atoms with E-state index >= 15 is 0 Å². The van der Waals surface area contributed by atoms with Crippen LogP contribution in [0.15, 0.2) is 40.2 Å². The average Bonchev–Trinajstić information content (AvgIpc) is 2.70. The van der Waals surface area contributed by atoms with E-state index in [0.717, 1.165) is 0 Å². The summed E-state index contributed by atoms with van der Waals surface area (Å²) in [4.78, 5) is 31.3. The summed E-state index contributed by atoms with van der Waals surface area (Å²) in [6.45, 7) is 0. The highest BCUT2D eigenvalue weighted by molar-refractivity contribution is 6.30. The van der Waals surface area contributed by atoms with Gasteiger partial charge < -0.3 is 4.98 Å². The maximum absolute atomic E-state index is 11.3. The molecule has 3 aromatic rings. The largest absolute Gasteiger partial charge is 0.326 e. The monoisotopic (exact) mass is 262 g/mol. The van der Waals surface area contributed by atoms with E-state index in [9.17, 15) is 9.59 Å². The smallest absolute Gasteiger partial charge is 0.305 e. The Balaban J connectivity index is 2.34. The van der Waals surface area contributed by atoms with Crippen LogP contribution in [-0.4, -0.2) is 19.4 Å². The molecule has 3 aromatic heterocycles. The maximum atomic E-state index is 11.3. The molecule has 0 aliphatic carbocycles. The van der Waals surface area contributed by atoms with Gasteiger partial charge in [0.1, 0.15) is 5.65 Å². The molecular weight excluding hydrogens is 256 g/mol. The van der Waals surface area contributed by atoms with E-state index in [1.807, 2.05) is 0 Å². The van der Waals surface area contributed by atoms with Crippen LogP contribution in [0.2, 0.25) is 5.02 Å². The minimum absolute atomic E-state index is 0.388. The molecule has 3 rings (SSSR count). The molecule has 0 aromatic carbocycles. The second-order valence-corrected chi connectivity index (χ2v) is 4.16. The first-order chi connectivity index (χ1) is 8.63. The Morgan fingerprint density at radius 3 is 2.83 bits per heavy atom. The van der Waals surface area contributed by atoms with E-state index in [1.54, 1.807) is 28.9 Å². The summed E-state index contributed by atoms with van der Waals surface area (Å²) in [5, 5.41) is 0.536. The third-order valence-electron chi connectivity index (χ3n) is 2.51. The average molecular weight is 263 g/mol. The molecule has 6 nitrogen and oxygen atoms in total. The van der Waals surface area contributed by atoms with Crippen LogP contribution in [0.5, 0.6) is 0 Å². The summed E-state index contributed by atoms with van der Waals surface area (Å²) < 4.78 is 1.70. The van der Waals surface area contributed by atoms with Gasteiger partial charge in [-0.3, -0.25) is 14.2 Å². The van der Waals surface area contributed by atoms with Crippen molar-refractivity contribution in [3.05, 3.63) is 56.5 Å². The van der Waals surface area contributed by atoms with Crippen molar-refractivity contribution in [2.24, 2.45) is 0 Å². The van der Waals surface area contributed by atoms with Gasteiger partial charge >= 0.3 is 5.69 Å². The van der Waals surface area contributed by atoms with Crippen molar-refractivity contribution < 1.29 is 0 Å². The van der Waals surface area contributed by atoms with Crippen molar-refractivity contribution in [1.82, 2.24) is 19.4 Å². The summed E-state index contributed by atoms with van der Waals surface area (Å²) in [7, 11) is 0. The van der Waals surface area contributed by atoms with Crippen LogP contribution in [0, 0.1) is 0 Å². The molecule has 2 N–H and O–H groups in total. The van der Waals surface area contributed by atoms with Crippen LogP contribution >= 0.6 is 11.6 Å². The fourth-order valence-corrected chi connectivity index (χ4v) is 1.92. The number of nitrogens with zero attached hydrogens (tertiary/aromatic N) is 2. The molecule has 0 atom stereocenters. The van der Waals surface area contributed by atoms with Crippen LogP contribution < -0.4 is 11.2 Å². The van der Waals surface area contributed by atoms with Gasteiger partial charge in [-0.05, 0) is 12.1 Å². The summed E-state index contributed by atoms with van der Waals surface area (Å²) in [6, 6.07) is 4.76. The van der Waals surface area contributed by atoms with Gasteiger partial charge in [0, 0.05) is 12.3 Å². The number of aromatic nitrogens is 4. The van der Waals surface area contributed by atoms with Crippen molar-refractivity contribution in [3.8, 4) is 11.4 Å². The molecular formula is C11H7ClN4O2. The molecule has 0 spiro atoms. The minimum atomic E-state index is -0.561. The lowest BCUT2D eigenvalue weighted by Gasteiger charge is -2.01. The van der Waals surface area contributed by atoms with Crippen LogP contribution in [0.25, 0.3) is 17.0 Å². The zero-order chi connectivity index (χ0) is 12.7. The topological polar surface area (TPSA) is 83.0 Å². The normalized spacial score (nSPS) is 10.9. The van der Waals surface area contributed by atoms with Gasteiger partial charge in [0.25, 0.3) is 5.56 Å². The summed E-state index contributed by atoms with van der Waals surface area (Å²) in [5.74, 6) is 0. The van der Waals surface area contributed by atoms with E-state index in [2.05, 4.69) is 15.0 Å². The standard InChI is InChI=1S/C11H7ClN4O2/c12-6-1-2-9-13-4-8(16(9)5-6)7-3-10(17)15-11(18)14-7/h1-5H,(H2,14,15,17,18). The number of imidazole rings is 1. The molecule has 0 saturated carbocycles. The first-order valence-corrected chi connectivity index (χ1v) is 5.48. The molecule has 0 fully saturated rings. The minimum Gasteiger partial charge on any atom is -0.305 e. The quantitative estimate of drug-likeness (QED) is 0.687. The number of fused-ring (bicyclic) bond motifs is 1. The van der Waals surface area contributed by atoms with Crippen molar-refractivity contribution in [2.75, 3.05) is 0 Å². The Labute approximate surface area is 105 Å². The number of rotatable bonds is 1. The Bertz CT molecular complexity index is 818. The van der Waals surface area contributed by atoms with E-state index in [4.69, 9.17) is 11.6 Å². The Morgan fingerprint density at radius 1 is 1.22 bits per heavy atom. The predicted molar refractivity (Wildman–Crippen MR) is 66.9 cm³/mol. The van der Waals surface area contributed by atoms with Crippen LogP contribution in [0.4, 0.5) is 0 Å². The third kappa shape index (κ3) is 1.72. The van der Waals surface area contributed by atoms with Crippen LogP contribution in [0.3, 0.4) is 0 Å². The molecule has 0 bridgehead atoms. The van der Waals surface area contributed by atoms with E-state index in [1.165, 1.54) is 6.07 Å². The predicted octanol–water partition coefficient (Wildman–Crippen LogP) is 1.03. The molecule has 0 radical (unpaired) electrons. The highest BCUT2D eigenvalue weighted by atomic mass is 35.5. The SMILES string of the molecule is O=c1cc(-c2cnc3ccc(Cl)cn23)[nH]c(=O)[nH]1. The Hall–Kier alpha value is -2.34. The molecule has 18 heavy (non-hydrogen) atoms. The van der Waals surface area contributed by atoms with E-state index in [-0.39, 0.29) is 0 Å². The lowest BCUT2D eigenvalue weighted by atomic mass is 10.3. The molecule has 3 heterocycles. The Morgan fingerprint density at radius 2 is 2.06 bits per heavy atom. The molecule has 7 heteroatoms. The van der Waals surface area contributed by atoms with Gasteiger partial charge in [-0.15, -0.1) is 0 Å². The number of halogens is 1. The van der Waals surface area contributed by atoms with Gasteiger partial charge in [0.05, 0.1) is 22.6 Å². The molecule has 0 unspecified atom stereocenters. The number of pyridine rings is 1. The molecule has 0 saturated heterocycles. The number of H-pyrrole nitrogens is 2. The van der Waals surface area contributed by atoms with Gasteiger partial charge in [-0.1, -0.05) is 11.6 Å².